The number of nitrogens with one attached hydrogen (secondary N) is 2. The number of hydrogen-bond acceptors (Lipinski definition) is 3. The average molecular weight is 336 g/mol. The number of benzene rings is 2. The van der Waals surface area contributed by atoms with Crippen molar-refractivity contribution in [3.63, 3.8) is 0 Å². The summed E-state index contributed by atoms with van der Waals surface area (Å²) >= 11 is 0. The topological polar surface area (TPSA) is 63.4 Å². The lowest BCUT2D eigenvalue weighted by Crippen LogP contribution is -2.28. The van der Waals surface area contributed by atoms with E-state index in [0.717, 1.165) is 33.5 Å². The maximum absolute atomic E-state index is 12.4. The molecule has 0 aliphatic carbocycles. The quantitative estimate of drug-likeness (QED) is 0.768. The van der Waals surface area contributed by atoms with Gasteiger partial charge in [0.15, 0.2) is 11.5 Å². The number of rotatable bonds is 4. The minimum absolute atomic E-state index is 0.00728. The zero-order valence-electron chi connectivity index (χ0n) is 14.0. The Labute approximate surface area is 146 Å². The second-order valence-corrected chi connectivity index (χ2v) is 6.23. The Balaban J connectivity index is 1.45. The number of carbonyl (C=O) groups is 1. The summed E-state index contributed by atoms with van der Waals surface area (Å²) in [5.41, 5.74) is 3.05. The van der Waals surface area contributed by atoms with Gasteiger partial charge in [0.1, 0.15) is 13.2 Å². The molecule has 0 saturated heterocycles. The highest BCUT2D eigenvalue weighted by atomic mass is 16.6. The molecule has 5 nitrogen and oxygen atoms in total. The van der Waals surface area contributed by atoms with Crippen LogP contribution in [0, 0.1) is 0 Å². The molecule has 1 aliphatic heterocycles. The Kier molecular flexibility index (Phi) is 4.06. The summed E-state index contributed by atoms with van der Waals surface area (Å²) in [5.74, 6) is 1.49. The number of hydrogen-bond donors (Lipinski definition) is 2. The lowest BCUT2D eigenvalue weighted by molar-refractivity contribution is -0.121. The van der Waals surface area contributed by atoms with E-state index in [-0.39, 0.29) is 11.9 Å². The van der Waals surface area contributed by atoms with Gasteiger partial charge in [0.05, 0.1) is 12.5 Å². The molecule has 0 fully saturated rings. The van der Waals surface area contributed by atoms with Crippen molar-refractivity contribution in [2.24, 2.45) is 0 Å². The molecule has 2 aromatic carbocycles. The van der Waals surface area contributed by atoms with E-state index in [1.165, 1.54) is 0 Å². The van der Waals surface area contributed by atoms with Crippen molar-refractivity contribution in [2.75, 3.05) is 13.2 Å². The second-order valence-electron chi connectivity index (χ2n) is 6.23. The third-order valence-electron chi connectivity index (χ3n) is 4.47. The van der Waals surface area contributed by atoms with Crippen LogP contribution in [0.2, 0.25) is 0 Å². The largest absolute Gasteiger partial charge is 0.486 e. The maximum Gasteiger partial charge on any atom is 0.224 e. The molecule has 0 saturated carbocycles. The van der Waals surface area contributed by atoms with Crippen molar-refractivity contribution in [2.45, 2.75) is 19.4 Å². The van der Waals surface area contributed by atoms with Gasteiger partial charge in [-0.25, -0.2) is 0 Å². The van der Waals surface area contributed by atoms with E-state index in [9.17, 15) is 4.79 Å². The van der Waals surface area contributed by atoms with Crippen LogP contribution in [0.4, 0.5) is 0 Å². The van der Waals surface area contributed by atoms with E-state index in [1.54, 1.807) is 0 Å². The molecule has 4 rings (SSSR count). The number of aromatic nitrogens is 1. The average Bonchev–Trinajstić information content (AvgIpc) is 3.04. The van der Waals surface area contributed by atoms with Crippen molar-refractivity contribution < 1.29 is 14.3 Å². The first kappa shape index (κ1) is 15.6. The van der Waals surface area contributed by atoms with Gasteiger partial charge in [-0.1, -0.05) is 24.3 Å². The lowest BCUT2D eigenvalue weighted by atomic mass is 10.1. The van der Waals surface area contributed by atoms with Crippen LogP contribution in [-0.2, 0) is 11.2 Å². The first-order valence-corrected chi connectivity index (χ1v) is 8.44. The van der Waals surface area contributed by atoms with Gasteiger partial charge in [-0.2, -0.15) is 0 Å². The number of fused-ring (bicyclic) bond motifs is 2. The molecule has 25 heavy (non-hydrogen) atoms. The fourth-order valence-electron chi connectivity index (χ4n) is 3.16. The summed E-state index contributed by atoms with van der Waals surface area (Å²) in [5, 5.41) is 4.14. The maximum atomic E-state index is 12.4. The third-order valence-corrected chi connectivity index (χ3v) is 4.47. The molecule has 1 aliphatic rings. The van der Waals surface area contributed by atoms with E-state index >= 15 is 0 Å². The van der Waals surface area contributed by atoms with Crippen LogP contribution in [0.3, 0.4) is 0 Å². The summed E-state index contributed by atoms with van der Waals surface area (Å²) in [7, 11) is 0. The summed E-state index contributed by atoms with van der Waals surface area (Å²) < 4.78 is 11.1. The first-order chi connectivity index (χ1) is 12.2. The number of carbonyl (C=O) groups excluding carboxylic acids is 1. The van der Waals surface area contributed by atoms with Gasteiger partial charge in [0.2, 0.25) is 5.91 Å². The number of ether oxygens (including phenoxy) is 2. The second kappa shape index (κ2) is 6.51. The van der Waals surface area contributed by atoms with E-state index < -0.39 is 0 Å². The highest BCUT2D eigenvalue weighted by Gasteiger charge is 2.16. The molecule has 2 heterocycles. The predicted molar refractivity (Wildman–Crippen MR) is 96.0 cm³/mol. The Hall–Kier alpha value is -2.95. The SMILES string of the molecule is C[C@@H](NC(=O)Cc1c[nH]c2ccccc12)c1ccc2c(c1)OCCO2. The fourth-order valence-corrected chi connectivity index (χ4v) is 3.16. The monoisotopic (exact) mass is 336 g/mol. The number of aromatic amines is 1. The molecule has 0 radical (unpaired) electrons. The molecular weight excluding hydrogens is 316 g/mol. The van der Waals surface area contributed by atoms with Crippen molar-refractivity contribution in [3.05, 3.63) is 59.8 Å². The van der Waals surface area contributed by atoms with Crippen LogP contribution in [0.25, 0.3) is 10.9 Å². The van der Waals surface area contributed by atoms with Crippen LogP contribution >= 0.6 is 0 Å². The van der Waals surface area contributed by atoms with Crippen molar-refractivity contribution in [1.82, 2.24) is 10.3 Å². The minimum Gasteiger partial charge on any atom is -0.486 e. The molecular formula is C20H20N2O3. The molecule has 1 amide bonds. The van der Waals surface area contributed by atoms with Gasteiger partial charge in [0, 0.05) is 17.1 Å². The van der Waals surface area contributed by atoms with Crippen molar-refractivity contribution >= 4 is 16.8 Å². The zero-order valence-corrected chi connectivity index (χ0v) is 14.0. The van der Waals surface area contributed by atoms with Gasteiger partial charge in [0.25, 0.3) is 0 Å². The fraction of sp³-hybridized carbons (Fsp3) is 0.250. The molecule has 0 bridgehead atoms. The highest BCUT2D eigenvalue weighted by Crippen LogP contribution is 2.32. The summed E-state index contributed by atoms with van der Waals surface area (Å²) in [6.07, 6.45) is 2.25. The molecule has 128 valence electrons. The normalized spacial score (nSPS) is 14.3. The molecule has 3 aromatic rings. The van der Waals surface area contributed by atoms with Crippen LogP contribution in [0.15, 0.2) is 48.7 Å². The van der Waals surface area contributed by atoms with Gasteiger partial charge in [-0.15, -0.1) is 0 Å². The summed E-state index contributed by atoms with van der Waals surface area (Å²) in [4.78, 5) is 15.6. The standard InChI is InChI=1S/C20H20N2O3/c1-13(14-6-7-18-19(10-14)25-9-8-24-18)22-20(23)11-15-12-21-17-5-3-2-4-16(15)17/h2-7,10,12-13,21H,8-9,11H2,1H3,(H,22,23)/t13-/m1/s1. The number of amides is 1. The molecule has 0 spiro atoms. The number of para-hydroxylation sites is 1. The van der Waals surface area contributed by atoms with Crippen LogP contribution in [0.1, 0.15) is 24.1 Å². The Bertz CT molecular complexity index is 916. The first-order valence-electron chi connectivity index (χ1n) is 8.44. The van der Waals surface area contributed by atoms with Crippen molar-refractivity contribution in [1.29, 1.82) is 0 Å². The molecule has 2 N–H and O–H groups in total. The van der Waals surface area contributed by atoms with Gasteiger partial charge >= 0.3 is 0 Å². The highest BCUT2D eigenvalue weighted by molar-refractivity contribution is 5.89. The van der Waals surface area contributed by atoms with E-state index in [4.69, 9.17) is 9.47 Å². The number of H-pyrrole nitrogens is 1. The minimum atomic E-state index is -0.103. The van der Waals surface area contributed by atoms with Gasteiger partial charge in [-0.3, -0.25) is 4.79 Å². The molecule has 1 atom stereocenters. The molecule has 0 unspecified atom stereocenters. The summed E-state index contributed by atoms with van der Waals surface area (Å²) in [6.45, 7) is 3.10. The third kappa shape index (κ3) is 3.18. The molecule has 1 aromatic heterocycles. The lowest BCUT2D eigenvalue weighted by Gasteiger charge is -2.21. The van der Waals surface area contributed by atoms with Gasteiger partial charge < -0.3 is 19.8 Å². The van der Waals surface area contributed by atoms with E-state index in [1.807, 2.05) is 55.6 Å². The zero-order chi connectivity index (χ0) is 17.2. The van der Waals surface area contributed by atoms with E-state index in [0.29, 0.717) is 19.6 Å². The van der Waals surface area contributed by atoms with Crippen molar-refractivity contribution in [3.8, 4) is 11.5 Å². The van der Waals surface area contributed by atoms with Gasteiger partial charge in [-0.05, 0) is 36.2 Å². The Morgan fingerprint density at radius 1 is 1.16 bits per heavy atom. The molecule has 5 heteroatoms. The Morgan fingerprint density at radius 2 is 1.96 bits per heavy atom. The Morgan fingerprint density at radius 3 is 2.84 bits per heavy atom. The summed E-state index contributed by atoms with van der Waals surface area (Å²) in [6, 6.07) is 13.7. The van der Waals surface area contributed by atoms with E-state index in [2.05, 4.69) is 10.3 Å². The van der Waals surface area contributed by atoms with Crippen LogP contribution in [-0.4, -0.2) is 24.1 Å². The predicted octanol–water partition coefficient (Wildman–Crippen LogP) is 3.36. The van der Waals surface area contributed by atoms with Crippen LogP contribution in [0.5, 0.6) is 11.5 Å². The van der Waals surface area contributed by atoms with Crippen LogP contribution < -0.4 is 14.8 Å². The smallest absolute Gasteiger partial charge is 0.224 e.